The minimum absolute atomic E-state index is 0.226. The third-order valence-electron chi connectivity index (χ3n) is 2.33. The number of rotatable bonds is 1. The fourth-order valence-corrected chi connectivity index (χ4v) is 1.82. The summed E-state index contributed by atoms with van der Waals surface area (Å²) in [6.07, 6.45) is 5.01. The highest BCUT2D eigenvalue weighted by atomic mass is 16.5. The van der Waals surface area contributed by atoms with Crippen molar-refractivity contribution in [1.82, 2.24) is 0 Å². The number of hydrogen-bond donors (Lipinski definition) is 0. The number of aldehydes is 1. The van der Waals surface area contributed by atoms with Crippen molar-refractivity contribution < 1.29 is 9.53 Å². The molecule has 2 bridgehead atoms. The molecule has 0 aliphatic carbocycles. The van der Waals surface area contributed by atoms with Crippen LogP contribution in [0.2, 0.25) is 0 Å². The molecule has 0 aromatic carbocycles. The second kappa shape index (κ2) is 1.81. The van der Waals surface area contributed by atoms with Crippen molar-refractivity contribution in [3.63, 3.8) is 0 Å². The molecule has 50 valence electrons. The molecule has 3 atom stereocenters. The van der Waals surface area contributed by atoms with Crippen molar-refractivity contribution in [2.75, 3.05) is 0 Å². The summed E-state index contributed by atoms with van der Waals surface area (Å²) in [6.45, 7) is 0. The third-order valence-corrected chi connectivity index (χ3v) is 2.33. The predicted octanol–water partition coefficient (Wildman–Crippen LogP) is 0.753. The van der Waals surface area contributed by atoms with E-state index in [4.69, 9.17) is 4.74 Å². The van der Waals surface area contributed by atoms with Crippen LogP contribution in [0, 0.1) is 5.92 Å². The van der Waals surface area contributed by atoms with Crippen molar-refractivity contribution in [2.24, 2.45) is 5.92 Å². The summed E-state index contributed by atoms with van der Waals surface area (Å²) in [5, 5.41) is 0. The highest BCUT2D eigenvalue weighted by Crippen LogP contribution is 2.37. The fraction of sp³-hybridized carbons (Fsp3) is 0.857. The minimum Gasteiger partial charge on any atom is -0.374 e. The van der Waals surface area contributed by atoms with Gasteiger partial charge in [-0.05, 0) is 19.3 Å². The van der Waals surface area contributed by atoms with Gasteiger partial charge in [-0.3, -0.25) is 0 Å². The zero-order chi connectivity index (χ0) is 6.27. The molecule has 2 nitrogen and oxygen atoms in total. The quantitative estimate of drug-likeness (QED) is 0.485. The molecule has 2 aliphatic heterocycles. The van der Waals surface area contributed by atoms with Crippen LogP contribution in [0.4, 0.5) is 0 Å². The van der Waals surface area contributed by atoms with Crippen molar-refractivity contribution >= 4 is 6.29 Å². The molecule has 2 fully saturated rings. The molecule has 0 N–H and O–H groups in total. The molecule has 0 saturated carbocycles. The highest BCUT2D eigenvalue weighted by molar-refractivity contribution is 5.55. The van der Waals surface area contributed by atoms with Crippen LogP contribution in [0.1, 0.15) is 19.3 Å². The Morgan fingerprint density at radius 2 is 2.33 bits per heavy atom. The van der Waals surface area contributed by atoms with Crippen LogP contribution in [-0.2, 0) is 9.53 Å². The smallest absolute Gasteiger partial charge is 0.125 e. The van der Waals surface area contributed by atoms with Crippen LogP contribution < -0.4 is 0 Å². The van der Waals surface area contributed by atoms with Gasteiger partial charge in [-0.1, -0.05) is 0 Å². The van der Waals surface area contributed by atoms with E-state index in [0.29, 0.717) is 6.10 Å². The van der Waals surface area contributed by atoms with Gasteiger partial charge in [-0.25, -0.2) is 0 Å². The number of carbonyl (C=O) groups excluding carboxylic acids is 1. The topological polar surface area (TPSA) is 26.3 Å². The lowest BCUT2D eigenvalue weighted by atomic mass is 9.91. The molecule has 2 heteroatoms. The third kappa shape index (κ3) is 0.697. The second-order valence-corrected chi connectivity index (χ2v) is 2.91. The summed E-state index contributed by atoms with van der Waals surface area (Å²) in [7, 11) is 0. The molecule has 0 aromatic heterocycles. The Balaban J connectivity index is 2.09. The van der Waals surface area contributed by atoms with E-state index in [0.717, 1.165) is 19.1 Å². The molecular formula is C7H10O2. The van der Waals surface area contributed by atoms with Crippen LogP contribution in [0.15, 0.2) is 0 Å². The van der Waals surface area contributed by atoms with E-state index in [1.807, 2.05) is 0 Å². The molecule has 0 aromatic rings. The van der Waals surface area contributed by atoms with Crippen LogP contribution in [0.5, 0.6) is 0 Å². The van der Waals surface area contributed by atoms with E-state index in [-0.39, 0.29) is 12.0 Å². The first-order valence-corrected chi connectivity index (χ1v) is 3.51. The van der Waals surface area contributed by atoms with Crippen molar-refractivity contribution in [3.8, 4) is 0 Å². The van der Waals surface area contributed by atoms with Gasteiger partial charge in [0.15, 0.2) is 0 Å². The molecule has 2 heterocycles. The van der Waals surface area contributed by atoms with Gasteiger partial charge in [0, 0.05) is 5.92 Å². The lowest BCUT2D eigenvalue weighted by Crippen LogP contribution is -2.16. The van der Waals surface area contributed by atoms with E-state index in [1.165, 1.54) is 6.42 Å². The summed E-state index contributed by atoms with van der Waals surface area (Å²) in [6, 6.07) is 0. The Hall–Kier alpha value is -0.370. The lowest BCUT2D eigenvalue weighted by Gasteiger charge is -2.09. The number of ether oxygens (including phenoxy) is 1. The Labute approximate surface area is 54.2 Å². The lowest BCUT2D eigenvalue weighted by molar-refractivity contribution is -0.112. The first-order valence-electron chi connectivity index (χ1n) is 3.51. The predicted molar refractivity (Wildman–Crippen MR) is 32.1 cm³/mol. The van der Waals surface area contributed by atoms with Gasteiger partial charge >= 0.3 is 0 Å². The maximum atomic E-state index is 10.3. The summed E-state index contributed by atoms with van der Waals surface area (Å²) in [4.78, 5) is 10.3. The average Bonchev–Trinajstić information content (AvgIpc) is 2.45. The Bertz CT molecular complexity index is 133. The van der Waals surface area contributed by atoms with Crippen LogP contribution in [0.3, 0.4) is 0 Å². The van der Waals surface area contributed by atoms with Gasteiger partial charge in [0.2, 0.25) is 0 Å². The highest BCUT2D eigenvalue weighted by Gasteiger charge is 2.40. The van der Waals surface area contributed by atoms with Crippen LogP contribution >= 0.6 is 0 Å². The van der Waals surface area contributed by atoms with Gasteiger partial charge < -0.3 is 9.53 Å². The zero-order valence-electron chi connectivity index (χ0n) is 5.25. The normalized spacial score (nSPS) is 47.8. The van der Waals surface area contributed by atoms with E-state index in [1.54, 1.807) is 0 Å². The van der Waals surface area contributed by atoms with Crippen LogP contribution in [0.25, 0.3) is 0 Å². The molecule has 9 heavy (non-hydrogen) atoms. The molecule has 0 spiro atoms. The molecular weight excluding hydrogens is 116 g/mol. The Morgan fingerprint density at radius 3 is 2.67 bits per heavy atom. The van der Waals surface area contributed by atoms with Crippen molar-refractivity contribution in [3.05, 3.63) is 0 Å². The maximum Gasteiger partial charge on any atom is 0.125 e. The minimum atomic E-state index is 0.226. The van der Waals surface area contributed by atoms with Gasteiger partial charge in [0.25, 0.3) is 0 Å². The maximum absolute atomic E-state index is 10.3. The number of hydrogen-bond acceptors (Lipinski definition) is 2. The monoisotopic (exact) mass is 126 g/mol. The Morgan fingerprint density at radius 1 is 1.44 bits per heavy atom. The molecule has 2 rings (SSSR count). The molecule has 2 unspecified atom stereocenters. The molecule has 2 saturated heterocycles. The van der Waals surface area contributed by atoms with E-state index in [2.05, 4.69) is 0 Å². The van der Waals surface area contributed by atoms with Gasteiger partial charge in [-0.15, -0.1) is 0 Å². The van der Waals surface area contributed by atoms with E-state index < -0.39 is 0 Å². The standard InChI is InChI=1S/C7H10O2/c8-4-5-3-6-1-2-7(5)9-6/h4-7H,1-3H2/t5?,6?,7-/m1/s1. The summed E-state index contributed by atoms with van der Waals surface area (Å²) in [5.74, 6) is 0.226. The second-order valence-electron chi connectivity index (χ2n) is 2.91. The number of carbonyl (C=O) groups is 1. The van der Waals surface area contributed by atoms with Crippen molar-refractivity contribution in [2.45, 2.75) is 31.5 Å². The fourth-order valence-electron chi connectivity index (χ4n) is 1.82. The summed E-state index contributed by atoms with van der Waals surface area (Å²) >= 11 is 0. The largest absolute Gasteiger partial charge is 0.374 e. The Kier molecular flexibility index (Phi) is 1.09. The molecule has 0 amide bonds. The zero-order valence-corrected chi connectivity index (χ0v) is 5.25. The van der Waals surface area contributed by atoms with E-state index in [9.17, 15) is 4.79 Å². The average molecular weight is 126 g/mol. The molecule has 2 aliphatic rings. The van der Waals surface area contributed by atoms with Gasteiger partial charge in [-0.2, -0.15) is 0 Å². The SMILES string of the molecule is O=CC1CC2CC[C@H]1O2. The van der Waals surface area contributed by atoms with Crippen LogP contribution in [-0.4, -0.2) is 18.5 Å². The first kappa shape index (κ1) is 5.42. The summed E-state index contributed by atoms with van der Waals surface area (Å²) in [5.41, 5.74) is 0. The first-order chi connectivity index (χ1) is 4.40. The van der Waals surface area contributed by atoms with Gasteiger partial charge in [0.05, 0.1) is 12.2 Å². The van der Waals surface area contributed by atoms with Gasteiger partial charge in [0.1, 0.15) is 6.29 Å². The van der Waals surface area contributed by atoms with Crippen molar-refractivity contribution in [1.29, 1.82) is 0 Å². The number of fused-ring (bicyclic) bond motifs is 2. The van der Waals surface area contributed by atoms with E-state index >= 15 is 0 Å². The summed E-state index contributed by atoms with van der Waals surface area (Å²) < 4.78 is 5.44. The molecule has 0 radical (unpaired) electrons.